The molecule has 0 amide bonds. The number of ether oxygens (including phenoxy) is 2. The monoisotopic (exact) mass is 493 g/mol. The highest BCUT2D eigenvalue weighted by molar-refractivity contribution is 6.76. The molecule has 2 aromatic rings. The second-order valence-corrected chi connectivity index (χ2v) is 21.7. The Hall–Kier alpha value is -2.38. The van der Waals surface area contributed by atoms with Crippen LogP contribution in [0.1, 0.15) is 15.9 Å². The Morgan fingerprint density at radius 3 is 1.97 bits per heavy atom. The van der Waals surface area contributed by atoms with Crippen LogP contribution in [0.3, 0.4) is 0 Å². The lowest BCUT2D eigenvalue weighted by Crippen LogP contribution is -2.28. The van der Waals surface area contributed by atoms with Gasteiger partial charge in [0.2, 0.25) is 0 Å². The molecule has 12 heteroatoms. The van der Waals surface area contributed by atoms with Crippen LogP contribution in [0.15, 0.2) is 22.0 Å². The number of hydrogen-bond acceptors (Lipinski definition) is 5. The smallest absolute Gasteiger partial charge is 0.337 e. The van der Waals surface area contributed by atoms with Crippen LogP contribution < -0.4 is 5.69 Å². The third-order valence-corrected chi connectivity index (χ3v) is 8.61. The number of nitrogens with zero attached hydrogens (tertiary/aromatic N) is 5. The van der Waals surface area contributed by atoms with E-state index in [-0.39, 0.29) is 31.1 Å². The van der Waals surface area contributed by atoms with Crippen LogP contribution in [0.2, 0.25) is 51.4 Å². The van der Waals surface area contributed by atoms with Crippen molar-refractivity contribution in [3.63, 3.8) is 0 Å². The summed E-state index contributed by atoms with van der Waals surface area (Å²) in [4.78, 5) is 28.1. The minimum atomic E-state index is -1.32. The molecule has 10 nitrogen and oxygen atoms in total. The number of carbonyl (C=O) groups is 1. The van der Waals surface area contributed by atoms with Gasteiger partial charge in [-0.2, -0.15) is 0 Å². The van der Waals surface area contributed by atoms with Crippen LogP contribution in [-0.4, -0.2) is 49.6 Å². The maximum atomic E-state index is 13.4. The number of benzene rings is 1. The van der Waals surface area contributed by atoms with E-state index in [1.54, 1.807) is 6.07 Å². The normalized spacial score (nSPS) is 12.2. The van der Waals surface area contributed by atoms with Crippen molar-refractivity contribution in [3.8, 4) is 0 Å². The summed E-state index contributed by atoms with van der Waals surface area (Å²) in [5.74, 6) is -1.15. The minimum Gasteiger partial charge on any atom is -0.478 e. The number of rotatable bonds is 13. The molecule has 1 heterocycles. The summed E-state index contributed by atoms with van der Waals surface area (Å²) >= 11 is 0. The predicted octanol–water partition coefficient (Wildman–Crippen LogP) is 4.94. The molecular formula is C21H35N5O5Si2. The van der Waals surface area contributed by atoms with E-state index < -0.39 is 27.8 Å². The lowest BCUT2D eigenvalue weighted by atomic mass is 10.1. The van der Waals surface area contributed by atoms with E-state index in [0.29, 0.717) is 24.3 Å². The third-order valence-electron chi connectivity index (χ3n) is 5.20. The van der Waals surface area contributed by atoms with Gasteiger partial charge in [-0.1, -0.05) is 50.5 Å². The SMILES string of the molecule is C[Si](C)(C)CCOCn1c(=O)n(COCC[Si](C)(C)C)c2c(C(=O)O)ccc(CN=[N+]=[N-])c21. The molecule has 0 radical (unpaired) electrons. The average molecular weight is 494 g/mol. The Kier molecular flexibility index (Phi) is 9.09. The Balaban J connectivity index is 2.52. The largest absolute Gasteiger partial charge is 0.478 e. The fourth-order valence-electron chi connectivity index (χ4n) is 3.25. The number of aromatic carboxylic acids is 1. The highest BCUT2D eigenvalue weighted by Gasteiger charge is 2.23. The van der Waals surface area contributed by atoms with Gasteiger partial charge in [0.05, 0.1) is 23.1 Å². The van der Waals surface area contributed by atoms with E-state index in [9.17, 15) is 14.7 Å². The summed E-state index contributed by atoms with van der Waals surface area (Å²) in [5, 5.41) is 13.4. The molecule has 0 aliphatic carbocycles. The number of azide groups is 1. The zero-order valence-electron chi connectivity index (χ0n) is 20.4. The molecule has 0 saturated heterocycles. The van der Waals surface area contributed by atoms with E-state index >= 15 is 0 Å². The van der Waals surface area contributed by atoms with Crippen LogP contribution in [0.5, 0.6) is 0 Å². The maximum Gasteiger partial charge on any atom is 0.337 e. The fraction of sp³-hybridized carbons (Fsp3) is 0.619. The average Bonchev–Trinajstić information content (AvgIpc) is 2.97. The molecule has 1 aromatic heterocycles. The number of imidazole rings is 1. The van der Waals surface area contributed by atoms with Gasteiger partial charge >= 0.3 is 11.7 Å². The fourth-order valence-corrected chi connectivity index (χ4v) is 4.76. The van der Waals surface area contributed by atoms with E-state index in [1.807, 2.05) is 0 Å². The molecule has 0 aliphatic heterocycles. The second kappa shape index (κ2) is 11.2. The van der Waals surface area contributed by atoms with Gasteiger partial charge in [-0.05, 0) is 29.2 Å². The molecule has 1 aromatic carbocycles. The molecule has 0 spiro atoms. The summed E-state index contributed by atoms with van der Waals surface area (Å²) in [7, 11) is -2.64. The molecule has 1 N–H and O–H groups in total. The van der Waals surface area contributed by atoms with Crippen LogP contribution >= 0.6 is 0 Å². The summed E-state index contributed by atoms with van der Waals surface area (Å²) in [6, 6.07) is 4.87. The first-order chi connectivity index (χ1) is 15.4. The predicted molar refractivity (Wildman–Crippen MR) is 134 cm³/mol. The zero-order valence-corrected chi connectivity index (χ0v) is 22.4. The third kappa shape index (κ3) is 7.58. The molecular weight excluding hydrogens is 458 g/mol. The zero-order chi connectivity index (χ0) is 24.8. The van der Waals surface area contributed by atoms with Gasteiger partial charge in [0.1, 0.15) is 13.5 Å². The van der Waals surface area contributed by atoms with Crippen LogP contribution in [0.4, 0.5) is 0 Å². The number of aromatic nitrogens is 2. The minimum absolute atomic E-state index is 0.0122. The van der Waals surface area contributed by atoms with E-state index in [4.69, 9.17) is 15.0 Å². The molecule has 0 aliphatic rings. The second-order valence-electron chi connectivity index (χ2n) is 10.5. The summed E-state index contributed by atoms with van der Waals surface area (Å²) in [6.07, 6.45) is 0. The van der Waals surface area contributed by atoms with Gasteiger partial charge in [0.15, 0.2) is 0 Å². The van der Waals surface area contributed by atoms with Crippen molar-refractivity contribution in [1.29, 1.82) is 0 Å². The number of hydrogen-bond donors (Lipinski definition) is 1. The molecule has 0 saturated carbocycles. The van der Waals surface area contributed by atoms with Gasteiger partial charge in [0.25, 0.3) is 0 Å². The molecule has 2 rings (SSSR count). The van der Waals surface area contributed by atoms with Crippen LogP contribution in [0, 0.1) is 0 Å². The number of fused-ring (bicyclic) bond motifs is 1. The molecule has 33 heavy (non-hydrogen) atoms. The highest BCUT2D eigenvalue weighted by atomic mass is 28.3. The van der Waals surface area contributed by atoms with Crippen LogP contribution in [-0.2, 0) is 29.5 Å². The van der Waals surface area contributed by atoms with Crippen molar-refractivity contribution < 1.29 is 19.4 Å². The summed E-state index contributed by atoms with van der Waals surface area (Å²) in [6.45, 7) is 14.3. The molecule has 0 atom stereocenters. The Labute approximate surface area is 195 Å². The first kappa shape index (κ1) is 26.9. The molecule has 182 valence electrons. The Morgan fingerprint density at radius 1 is 1.00 bits per heavy atom. The van der Waals surface area contributed by atoms with Gasteiger partial charge in [0, 0.05) is 34.3 Å². The number of carboxylic acid groups (broad SMARTS) is 1. The van der Waals surface area contributed by atoms with Crippen molar-refractivity contribution in [1.82, 2.24) is 9.13 Å². The van der Waals surface area contributed by atoms with Gasteiger partial charge < -0.3 is 14.6 Å². The van der Waals surface area contributed by atoms with E-state index in [1.165, 1.54) is 15.2 Å². The molecule has 0 fully saturated rings. The van der Waals surface area contributed by atoms with Gasteiger partial charge in [-0.15, -0.1) is 0 Å². The summed E-state index contributed by atoms with van der Waals surface area (Å²) in [5.41, 5.74) is 9.56. The molecule has 0 unspecified atom stereocenters. The van der Waals surface area contributed by atoms with Gasteiger partial charge in [-0.25, -0.2) is 9.59 Å². The Bertz CT molecular complexity index is 1090. The van der Waals surface area contributed by atoms with Crippen molar-refractivity contribution in [2.75, 3.05) is 13.2 Å². The van der Waals surface area contributed by atoms with Crippen molar-refractivity contribution in [3.05, 3.63) is 44.2 Å². The van der Waals surface area contributed by atoms with Crippen molar-refractivity contribution >= 4 is 33.2 Å². The Morgan fingerprint density at radius 2 is 1.52 bits per heavy atom. The lowest BCUT2D eigenvalue weighted by Gasteiger charge is -2.15. The highest BCUT2D eigenvalue weighted by Crippen LogP contribution is 2.24. The van der Waals surface area contributed by atoms with Crippen LogP contribution in [0.25, 0.3) is 21.5 Å². The quantitative estimate of drug-likeness (QED) is 0.139. The first-order valence-electron chi connectivity index (χ1n) is 11.0. The maximum absolute atomic E-state index is 13.4. The summed E-state index contributed by atoms with van der Waals surface area (Å²) < 4.78 is 14.4. The van der Waals surface area contributed by atoms with Crippen molar-refractivity contribution in [2.45, 2.75) is 71.4 Å². The van der Waals surface area contributed by atoms with Crippen molar-refractivity contribution in [2.24, 2.45) is 5.11 Å². The van der Waals surface area contributed by atoms with E-state index in [2.05, 4.69) is 49.3 Å². The van der Waals surface area contributed by atoms with Gasteiger partial charge in [-0.3, -0.25) is 9.13 Å². The van der Waals surface area contributed by atoms with E-state index in [0.717, 1.165) is 12.1 Å². The molecule has 0 bridgehead atoms. The number of carboxylic acids is 1. The topological polar surface area (TPSA) is 131 Å². The lowest BCUT2D eigenvalue weighted by molar-refractivity contribution is 0.0695. The standard InChI is InChI=1S/C21H35N5O5Si2/c1-32(2,3)11-9-30-14-25-18-16(13-23-24-22)7-8-17(20(27)28)19(18)26(21(25)29)15-31-10-12-33(4,5)6/h7-8H,9-15H2,1-6H3,(H,27,28). The first-order valence-corrected chi connectivity index (χ1v) is 18.4.